The smallest absolute Gasteiger partial charge is 0.332 e. The van der Waals surface area contributed by atoms with Crippen molar-refractivity contribution in [1.29, 1.82) is 0 Å². The lowest BCUT2D eigenvalue weighted by Gasteiger charge is -2.44. The van der Waals surface area contributed by atoms with E-state index in [1.54, 1.807) is 6.92 Å². The summed E-state index contributed by atoms with van der Waals surface area (Å²) in [5.41, 5.74) is 1.78. The zero-order valence-corrected chi connectivity index (χ0v) is 16.8. The minimum atomic E-state index is -0.591. The molecule has 0 radical (unpaired) electrons. The summed E-state index contributed by atoms with van der Waals surface area (Å²) in [5, 5.41) is 0. The minimum absolute atomic E-state index is 0.0868. The van der Waals surface area contributed by atoms with Crippen molar-refractivity contribution in [3.05, 3.63) is 29.8 Å². The molecule has 3 atom stereocenters. The summed E-state index contributed by atoms with van der Waals surface area (Å²) >= 11 is 0. The number of aryl methyl sites for hydroxylation is 1. The molecular weight excluding hydrogens is 354 g/mol. The topological polar surface area (TPSA) is 60.9 Å². The first-order valence-corrected chi connectivity index (χ1v) is 10.5. The summed E-state index contributed by atoms with van der Waals surface area (Å²) in [7, 11) is 0. The second-order valence-electron chi connectivity index (χ2n) is 8.43. The Morgan fingerprint density at radius 1 is 1.04 bits per heavy atom. The number of imide groups is 1. The second kappa shape index (κ2) is 7.57. The Morgan fingerprint density at radius 3 is 2.46 bits per heavy atom. The summed E-state index contributed by atoms with van der Waals surface area (Å²) in [6, 6.07) is 6.83. The molecule has 3 aliphatic rings. The van der Waals surface area contributed by atoms with Crippen LogP contribution < -0.4 is 4.90 Å². The third-order valence-electron chi connectivity index (χ3n) is 6.62. The van der Waals surface area contributed by atoms with Crippen LogP contribution in [0.2, 0.25) is 0 Å². The Labute approximate surface area is 166 Å². The molecule has 6 heteroatoms. The van der Waals surface area contributed by atoms with Crippen LogP contribution in [0.3, 0.4) is 0 Å². The van der Waals surface area contributed by atoms with E-state index in [1.807, 2.05) is 36.1 Å². The van der Waals surface area contributed by atoms with E-state index in [9.17, 15) is 14.4 Å². The van der Waals surface area contributed by atoms with E-state index in [2.05, 4.69) is 0 Å². The summed E-state index contributed by atoms with van der Waals surface area (Å²) in [6.07, 6.45) is 6.84. The van der Waals surface area contributed by atoms with Gasteiger partial charge in [0.25, 0.3) is 5.91 Å². The van der Waals surface area contributed by atoms with Crippen molar-refractivity contribution in [2.24, 2.45) is 5.92 Å². The average molecular weight is 383 g/mol. The first-order valence-electron chi connectivity index (χ1n) is 10.5. The molecule has 2 saturated heterocycles. The van der Waals surface area contributed by atoms with Gasteiger partial charge in [0.15, 0.2) is 0 Å². The van der Waals surface area contributed by atoms with Crippen LogP contribution in [0.25, 0.3) is 0 Å². The fourth-order valence-electron chi connectivity index (χ4n) is 5.07. The van der Waals surface area contributed by atoms with Crippen LogP contribution in [0.1, 0.15) is 51.0 Å². The van der Waals surface area contributed by atoms with Gasteiger partial charge in [0.05, 0.1) is 0 Å². The van der Waals surface area contributed by atoms with Crippen molar-refractivity contribution in [2.45, 2.75) is 64.5 Å². The van der Waals surface area contributed by atoms with Gasteiger partial charge in [-0.3, -0.25) is 19.4 Å². The first-order chi connectivity index (χ1) is 13.5. The van der Waals surface area contributed by atoms with Gasteiger partial charge in [0, 0.05) is 18.3 Å². The highest BCUT2D eigenvalue weighted by Crippen LogP contribution is 2.35. The van der Waals surface area contributed by atoms with Gasteiger partial charge in [0.1, 0.15) is 12.6 Å². The number of carbonyl (C=O) groups excluding carboxylic acids is 3. The fourth-order valence-corrected chi connectivity index (χ4v) is 5.07. The van der Waals surface area contributed by atoms with Gasteiger partial charge in [0.2, 0.25) is 5.91 Å². The quantitative estimate of drug-likeness (QED) is 0.752. The number of piperidine rings is 1. The van der Waals surface area contributed by atoms with E-state index in [4.69, 9.17) is 0 Å². The van der Waals surface area contributed by atoms with Gasteiger partial charge in [-0.05, 0) is 57.6 Å². The van der Waals surface area contributed by atoms with Gasteiger partial charge >= 0.3 is 6.03 Å². The molecule has 4 amide bonds. The van der Waals surface area contributed by atoms with Gasteiger partial charge in [-0.1, -0.05) is 30.5 Å². The number of fused-ring (bicyclic) bond motifs is 1. The average Bonchev–Trinajstić information content (AvgIpc) is 2.91. The van der Waals surface area contributed by atoms with E-state index < -0.39 is 12.1 Å². The third-order valence-corrected chi connectivity index (χ3v) is 6.62. The Kier molecular flexibility index (Phi) is 5.13. The van der Waals surface area contributed by atoms with Crippen LogP contribution >= 0.6 is 0 Å². The Bertz CT molecular complexity index is 774. The molecule has 1 saturated carbocycles. The van der Waals surface area contributed by atoms with Crippen molar-refractivity contribution in [3.8, 4) is 0 Å². The van der Waals surface area contributed by atoms with E-state index in [1.165, 1.54) is 24.2 Å². The van der Waals surface area contributed by atoms with Crippen molar-refractivity contribution >= 4 is 23.5 Å². The zero-order valence-electron chi connectivity index (χ0n) is 16.8. The third kappa shape index (κ3) is 3.29. The van der Waals surface area contributed by atoms with E-state index in [0.29, 0.717) is 11.6 Å². The van der Waals surface area contributed by atoms with Crippen molar-refractivity contribution in [1.82, 2.24) is 9.80 Å². The molecule has 0 N–H and O–H groups in total. The number of benzene rings is 1. The predicted molar refractivity (Wildman–Crippen MR) is 107 cm³/mol. The second-order valence-corrected chi connectivity index (χ2v) is 8.43. The normalized spacial score (nSPS) is 27.9. The highest BCUT2D eigenvalue weighted by atomic mass is 16.2. The van der Waals surface area contributed by atoms with Crippen LogP contribution in [-0.2, 0) is 9.59 Å². The summed E-state index contributed by atoms with van der Waals surface area (Å²) in [6.45, 7) is 4.30. The number of rotatable bonds is 3. The molecule has 2 heterocycles. The number of hydrogen-bond acceptors (Lipinski definition) is 3. The molecule has 150 valence electrons. The molecule has 1 aromatic rings. The lowest BCUT2D eigenvalue weighted by Crippen LogP contribution is -2.53. The molecule has 0 unspecified atom stereocenters. The van der Waals surface area contributed by atoms with Crippen LogP contribution in [0, 0.1) is 12.8 Å². The number of anilines is 1. The maximum atomic E-state index is 13.1. The van der Waals surface area contributed by atoms with Gasteiger partial charge in [-0.15, -0.1) is 0 Å². The Hall–Kier alpha value is -2.37. The van der Waals surface area contributed by atoms with Gasteiger partial charge < -0.3 is 4.90 Å². The molecule has 6 nitrogen and oxygen atoms in total. The monoisotopic (exact) mass is 383 g/mol. The molecule has 0 spiro atoms. The van der Waals surface area contributed by atoms with Crippen LogP contribution in [0.4, 0.5) is 10.5 Å². The molecule has 3 fully saturated rings. The predicted octanol–water partition coefficient (Wildman–Crippen LogP) is 3.33. The highest BCUT2D eigenvalue weighted by Gasteiger charge is 2.45. The molecular formula is C22H29N3O3. The highest BCUT2D eigenvalue weighted by molar-refractivity contribution is 6.15. The molecule has 0 bridgehead atoms. The molecule has 0 aromatic heterocycles. The first kappa shape index (κ1) is 19.0. The fraction of sp³-hybridized carbons (Fsp3) is 0.591. The molecule has 2 aliphatic heterocycles. The summed E-state index contributed by atoms with van der Waals surface area (Å²) in [5.74, 6) is 0.201. The van der Waals surface area contributed by atoms with E-state index >= 15 is 0 Å². The van der Waals surface area contributed by atoms with Crippen molar-refractivity contribution < 1.29 is 14.4 Å². The van der Waals surface area contributed by atoms with E-state index in [-0.39, 0.29) is 24.4 Å². The van der Waals surface area contributed by atoms with E-state index in [0.717, 1.165) is 36.3 Å². The molecule has 4 rings (SSSR count). The SMILES string of the molecule is Cc1ccc(N2C(=O)N(CC(=O)N3CCC[C@H]4CCCC[C@@H]43)C(=O)[C@@H]2C)cc1. The van der Waals surface area contributed by atoms with Crippen LogP contribution in [-0.4, -0.2) is 52.8 Å². The Morgan fingerprint density at radius 2 is 1.71 bits per heavy atom. The lowest BCUT2D eigenvalue weighted by atomic mass is 9.78. The maximum Gasteiger partial charge on any atom is 0.332 e. The molecule has 1 aliphatic carbocycles. The van der Waals surface area contributed by atoms with Gasteiger partial charge in [-0.25, -0.2) is 4.79 Å². The van der Waals surface area contributed by atoms with Gasteiger partial charge in [-0.2, -0.15) is 0 Å². The van der Waals surface area contributed by atoms with Crippen LogP contribution in [0.5, 0.6) is 0 Å². The van der Waals surface area contributed by atoms with Crippen LogP contribution in [0.15, 0.2) is 24.3 Å². The standard InChI is InChI=1S/C22H29N3O3/c1-15-9-11-18(12-10-15)25-16(2)21(27)24(22(25)28)14-20(26)23-13-5-7-17-6-3-4-8-19(17)23/h9-12,16-17,19H,3-8,13-14H2,1-2H3/t16-,17+,19-/m0/s1. The molecule has 1 aromatic carbocycles. The molecule has 28 heavy (non-hydrogen) atoms. The number of nitrogens with zero attached hydrogens (tertiary/aromatic N) is 3. The Balaban J connectivity index is 1.49. The summed E-state index contributed by atoms with van der Waals surface area (Å²) in [4.78, 5) is 43.4. The largest absolute Gasteiger partial charge is 0.338 e. The zero-order chi connectivity index (χ0) is 19.8. The number of urea groups is 1. The number of likely N-dealkylation sites (tertiary alicyclic amines) is 1. The van der Waals surface area contributed by atoms with Crippen molar-refractivity contribution in [2.75, 3.05) is 18.0 Å². The minimum Gasteiger partial charge on any atom is -0.338 e. The number of carbonyl (C=O) groups is 3. The summed E-state index contributed by atoms with van der Waals surface area (Å²) < 4.78 is 0. The number of amides is 4. The number of hydrogen-bond donors (Lipinski definition) is 0. The maximum absolute atomic E-state index is 13.1. The lowest BCUT2D eigenvalue weighted by molar-refractivity contribution is -0.141. The van der Waals surface area contributed by atoms with Crippen molar-refractivity contribution in [3.63, 3.8) is 0 Å².